The second kappa shape index (κ2) is 4.71. The average molecular weight is 280 g/mol. The minimum Gasteiger partial charge on any atom is -0.202 e. The van der Waals surface area contributed by atoms with Crippen LogP contribution in [0, 0.1) is 0 Å². The van der Waals surface area contributed by atoms with Crippen LogP contribution < -0.4 is 0 Å². The molecule has 1 heterocycles. The molecule has 0 radical (unpaired) electrons. The first-order valence-electron chi connectivity index (χ1n) is 6.27. The molecule has 19 heavy (non-hydrogen) atoms. The summed E-state index contributed by atoms with van der Waals surface area (Å²) in [6.07, 6.45) is 0. The Hall–Kier alpha value is -1.22. The van der Waals surface area contributed by atoms with Crippen molar-refractivity contribution in [2.24, 2.45) is 0 Å². The molecule has 0 bridgehead atoms. The van der Waals surface area contributed by atoms with Gasteiger partial charge in [0.2, 0.25) is 0 Å². The lowest BCUT2D eigenvalue weighted by Crippen LogP contribution is -2.07. The molecule has 0 saturated carbocycles. The van der Waals surface area contributed by atoms with E-state index in [1.807, 2.05) is 12.1 Å². The smallest absolute Gasteiger partial charge is 0.202 e. The van der Waals surface area contributed by atoms with Gasteiger partial charge in [-0.25, -0.2) is 8.78 Å². The minimum atomic E-state index is -2.79. The number of thiophene rings is 1. The topological polar surface area (TPSA) is 0 Å². The van der Waals surface area contributed by atoms with Gasteiger partial charge < -0.3 is 0 Å². The summed E-state index contributed by atoms with van der Waals surface area (Å²) >= 11 is 1.67. The fraction of sp³-hybridized carbons (Fsp3) is 0.375. The summed E-state index contributed by atoms with van der Waals surface area (Å²) in [7, 11) is 0. The van der Waals surface area contributed by atoms with Crippen LogP contribution in [0.2, 0.25) is 0 Å². The molecule has 0 aliphatic carbocycles. The van der Waals surface area contributed by atoms with E-state index in [4.69, 9.17) is 0 Å². The van der Waals surface area contributed by atoms with Gasteiger partial charge in [0.15, 0.2) is 0 Å². The Balaban J connectivity index is 2.40. The van der Waals surface area contributed by atoms with E-state index in [1.165, 1.54) is 10.9 Å². The molecule has 0 aliphatic heterocycles. The number of hydrogen-bond acceptors (Lipinski definition) is 1. The molecule has 102 valence electrons. The first-order chi connectivity index (χ1) is 8.68. The second-order valence-corrected chi connectivity index (χ2v) is 6.97. The molecule has 0 spiro atoms. The van der Waals surface area contributed by atoms with Crippen LogP contribution in [-0.2, 0) is 11.3 Å². The summed E-state index contributed by atoms with van der Waals surface area (Å²) in [5, 5.41) is 0. The van der Waals surface area contributed by atoms with E-state index >= 15 is 0 Å². The van der Waals surface area contributed by atoms with Crippen molar-refractivity contribution in [2.45, 2.75) is 39.0 Å². The Bertz CT molecular complexity index is 571. The van der Waals surface area contributed by atoms with Gasteiger partial charge in [-0.3, -0.25) is 0 Å². The van der Waals surface area contributed by atoms with Crippen molar-refractivity contribution < 1.29 is 8.78 Å². The predicted octanol–water partition coefficient (Wildman–Crippen LogP) is 5.82. The van der Waals surface area contributed by atoms with Gasteiger partial charge in [0.25, 0.3) is 5.92 Å². The number of rotatable bonds is 2. The van der Waals surface area contributed by atoms with Crippen LogP contribution >= 0.6 is 11.3 Å². The monoisotopic (exact) mass is 280 g/mol. The highest BCUT2D eigenvalue weighted by Crippen LogP contribution is 2.36. The zero-order valence-electron chi connectivity index (χ0n) is 11.6. The number of benzene rings is 1. The molecular weight excluding hydrogens is 262 g/mol. The highest BCUT2D eigenvalue weighted by Gasteiger charge is 2.24. The van der Waals surface area contributed by atoms with Crippen LogP contribution in [0.15, 0.2) is 36.4 Å². The van der Waals surface area contributed by atoms with Crippen molar-refractivity contribution in [3.8, 4) is 10.4 Å². The lowest BCUT2D eigenvalue weighted by molar-refractivity contribution is 0.0175. The van der Waals surface area contributed by atoms with Crippen molar-refractivity contribution in [3.05, 3.63) is 46.8 Å². The molecule has 2 aromatic rings. The fourth-order valence-electron chi connectivity index (χ4n) is 1.84. The molecule has 0 nitrogen and oxygen atoms in total. The molecule has 1 aromatic heterocycles. The Labute approximate surface area is 117 Å². The maximum absolute atomic E-state index is 13.3. The van der Waals surface area contributed by atoms with Crippen LogP contribution in [0.5, 0.6) is 0 Å². The van der Waals surface area contributed by atoms with Crippen LogP contribution in [0.4, 0.5) is 8.78 Å². The van der Waals surface area contributed by atoms with Gasteiger partial charge in [0.05, 0.1) is 0 Å². The molecule has 3 heteroatoms. The molecular formula is C16H18F2S. The molecule has 0 N–H and O–H groups in total. The first kappa shape index (κ1) is 14.2. The third-order valence-electron chi connectivity index (χ3n) is 3.00. The molecule has 0 unspecified atom stereocenters. The van der Waals surface area contributed by atoms with Crippen LogP contribution in [-0.4, -0.2) is 0 Å². The van der Waals surface area contributed by atoms with Crippen molar-refractivity contribution in [3.63, 3.8) is 0 Å². The van der Waals surface area contributed by atoms with Crippen LogP contribution in [0.3, 0.4) is 0 Å². The summed E-state index contributed by atoms with van der Waals surface area (Å²) in [5.41, 5.74) is 1.02. The highest BCUT2D eigenvalue weighted by molar-refractivity contribution is 7.15. The van der Waals surface area contributed by atoms with E-state index in [9.17, 15) is 8.78 Å². The van der Waals surface area contributed by atoms with Gasteiger partial charge in [-0.1, -0.05) is 39.0 Å². The summed E-state index contributed by atoms with van der Waals surface area (Å²) in [6.45, 7) is 7.39. The van der Waals surface area contributed by atoms with E-state index in [2.05, 4.69) is 26.8 Å². The standard InChI is InChI=1S/C16H18F2S/c1-15(2,3)14-9-8-13(19-14)11-6-5-7-12(10-11)16(4,17)18/h5-10H,1-4H3. The van der Waals surface area contributed by atoms with Crippen LogP contribution in [0.25, 0.3) is 10.4 Å². The van der Waals surface area contributed by atoms with Gasteiger partial charge >= 0.3 is 0 Å². The SMILES string of the molecule is CC(C)(C)c1ccc(-c2cccc(C(C)(F)F)c2)s1. The normalized spacial score (nSPS) is 12.7. The van der Waals surface area contributed by atoms with E-state index in [0.717, 1.165) is 17.4 Å². The van der Waals surface area contributed by atoms with Gasteiger partial charge in [-0.15, -0.1) is 11.3 Å². The minimum absolute atomic E-state index is 0.0655. The zero-order chi connectivity index (χ0) is 14.3. The zero-order valence-corrected chi connectivity index (χ0v) is 12.4. The largest absolute Gasteiger partial charge is 0.270 e. The quantitative estimate of drug-likeness (QED) is 0.649. The average Bonchev–Trinajstić information content (AvgIpc) is 2.77. The highest BCUT2D eigenvalue weighted by atomic mass is 32.1. The van der Waals surface area contributed by atoms with Crippen LogP contribution in [0.1, 0.15) is 38.1 Å². The maximum atomic E-state index is 13.3. The van der Waals surface area contributed by atoms with Gasteiger partial charge in [0.1, 0.15) is 0 Å². The number of hydrogen-bond donors (Lipinski definition) is 0. The lowest BCUT2D eigenvalue weighted by Gasteiger charge is -2.15. The predicted molar refractivity (Wildman–Crippen MR) is 78.0 cm³/mol. The molecule has 2 rings (SSSR count). The first-order valence-corrected chi connectivity index (χ1v) is 7.08. The van der Waals surface area contributed by atoms with Gasteiger partial charge in [0, 0.05) is 22.2 Å². The molecule has 0 atom stereocenters. The molecule has 0 aliphatic rings. The van der Waals surface area contributed by atoms with Crippen molar-refractivity contribution in [1.29, 1.82) is 0 Å². The number of alkyl halides is 2. The third-order valence-corrected chi connectivity index (χ3v) is 4.56. The van der Waals surface area contributed by atoms with E-state index < -0.39 is 5.92 Å². The second-order valence-electron chi connectivity index (χ2n) is 5.88. The maximum Gasteiger partial charge on any atom is 0.270 e. The summed E-state index contributed by atoms with van der Waals surface area (Å²) in [6, 6.07) is 10.7. The molecule has 0 fully saturated rings. The molecule has 0 amide bonds. The third kappa shape index (κ3) is 3.21. The molecule has 0 saturated heterocycles. The van der Waals surface area contributed by atoms with Gasteiger partial charge in [-0.2, -0.15) is 0 Å². The molecule has 1 aromatic carbocycles. The Morgan fingerprint density at radius 1 is 0.947 bits per heavy atom. The Morgan fingerprint density at radius 2 is 1.63 bits per heavy atom. The fourth-order valence-corrected chi connectivity index (χ4v) is 2.90. The van der Waals surface area contributed by atoms with E-state index in [0.29, 0.717) is 0 Å². The Morgan fingerprint density at radius 3 is 2.16 bits per heavy atom. The van der Waals surface area contributed by atoms with Gasteiger partial charge in [-0.05, 0) is 29.2 Å². The Kier molecular flexibility index (Phi) is 3.52. The van der Waals surface area contributed by atoms with E-state index in [1.54, 1.807) is 23.5 Å². The van der Waals surface area contributed by atoms with Crippen molar-refractivity contribution in [1.82, 2.24) is 0 Å². The van der Waals surface area contributed by atoms with E-state index in [-0.39, 0.29) is 11.0 Å². The number of halogens is 2. The summed E-state index contributed by atoms with van der Waals surface area (Å²) < 4.78 is 26.7. The van der Waals surface area contributed by atoms with Crippen molar-refractivity contribution >= 4 is 11.3 Å². The van der Waals surface area contributed by atoms with Crippen molar-refractivity contribution in [2.75, 3.05) is 0 Å². The summed E-state index contributed by atoms with van der Waals surface area (Å²) in [4.78, 5) is 2.30. The lowest BCUT2D eigenvalue weighted by atomic mass is 9.95. The summed E-state index contributed by atoms with van der Waals surface area (Å²) in [5.74, 6) is -2.79.